The molecule has 1 heterocycles. The van der Waals surface area contributed by atoms with E-state index in [0.29, 0.717) is 17.1 Å². The number of amides is 1. The number of carbonyl (C=O) groups is 1. The van der Waals surface area contributed by atoms with Gasteiger partial charge in [0.2, 0.25) is 0 Å². The van der Waals surface area contributed by atoms with Crippen LogP contribution in [-0.2, 0) is 0 Å². The first kappa shape index (κ1) is 17.5. The maximum absolute atomic E-state index is 12.1. The Morgan fingerprint density at radius 3 is 2.69 bits per heavy atom. The van der Waals surface area contributed by atoms with E-state index in [0.717, 1.165) is 10.9 Å². The predicted octanol–water partition coefficient (Wildman–Crippen LogP) is 3.99. The maximum atomic E-state index is 12.1. The lowest BCUT2D eigenvalue weighted by molar-refractivity contribution is 0.0929. The second-order valence-electron chi connectivity index (χ2n) is 5.92. The van der Waals surface area contributed by atoms with Crippen LogP contribution in [0.15, 0.2) is 58.0 Å². The van der Waals surface area contributed by atoms with Gasteiger partial charge in [0.1, 0.15) is 5.58 Å². The predicted molar refractivity (Wildman–Crippen MR) is 100 cm³/mol. The summed E-state index contributed by atoms with van der Waals surface area (Å²) in [7, 11) is 1.58. The fourth-order valence-electron chi connectivity index (χ4n) is 2.43. The Bertz CT molecular complexity index is 911. The van der Waals surface area contributed by atoms with Gasteiger partial charge in [-0.25, -0.2) is 5.43 Å². The number of methoxy groups -OCH3 is 1. The molecular formula is C20H20N2O4. The topological polar surface area (TPSA) is 73.1 Å². The number of benzene rings is 2. The highest BCUT2D eigenvalue weighted by atomic mass is 16.5. The molecule has 0 fully saturated rings. The van der Waals surface area contributed by atoms with Gasteiger partial charge in [-0.1, -0.05) is 18.2 Å². The van der Waals surface area contributed by atoms with E-state index < -0.39 is 5.91 Å². The molecule has 0 saturated carbocycles. The molecule has 1 amide bonds. The largest absolute Gasteiger partial charge is 0.493 e. The Kier molecular flexibility index (Phi) is 5.22. The number of nitrogens with zero attached hydrogens (tertiary/aromatic N) is 1. The summed E-state index contributed by atoms with van der Waals surface area (Å²) in [4.78, 5) is 12.1. The van der Waals surface area contributed by atoms with E-state index in [4.69, 9.17) is 13.9 Å². The van der Waals surface area contributed by atoms with E-state index in [1.807, 2.05) is 44.2 Å². The molecule has 0 aliphatic heterocycles. The van der Waals surface area contributed by atoms with Crippen LogP contribution in [0.3, 0.4) is 0 Å². The number of hydrogen-bond acceptors (Lipinski definition) is 5. The van der Waals surface area contributed by atoms with Gasteiger partial charge in [-0.05, 0) is 49.7 Å². The number of para-hydroxylation sites is 1. The van der Waals surface area contributed by atoms with E-state index in [1.54, 1.807) is 25.3 Å². The summed E-state index contributed by atoms with van der Waals surface area (Å²) in [5, 5.41) is 4.84. The fourth-order valence-corrected chi connectivity index (χ4v) is 2.43. The number of hydrazone groups is 1. The Balaban J connectivity index is 1.68. The van der Waals surface area contributed by atoms with E-state index in [-0.39, 0.29) is 11.9 Å². The van der Waals surface area contributed by atoms with Crippen molar-refractivity contribution in [3.05, 3.63) is 59.9 Å². The Morgan fingerprint density at radius 1 is 1.15 bits per heavy atom. The summed E-state index contributed by atoms with van der Waals surface area (Å²) < 4.78 is 16.5. The molecule has 1 aromatic heterocycles. The van der Waals surface area contributed by atoms with Crippen LogP contribution in [0.4, 0.5) is 0 Å². The van der Waals surface area contributed by atoms with Crippen LogP contribution in [0.2, 0.25) is 0 Å². The molecule has 0 radical (unpaired) electrons. The van der Waals surface area contributed by atoms with Crippen molar-refractivity contribution in [1.82, 2.24) is 5.43 Å². The van der Waals surface area contributed by atoms with Gasteiger partial charge in [-0.2, -0.15) is 5.10 Å². The quantitative estimate of drug-likeness (QED) is 0.538. The molecular weight excluding hydrogens is 332 g/mol. The van der Waals surface area contributed by atoms with Crippen molar-refractivity contribution >= 4 is 23.1 Å². The molecule has 2 aromatic carbocycles. The number of furan rings is 1. The summed E-state index contributed by atoms with van der Waals surface area (Å²) in [6.07, 6.45) is 1.58. The van der Waals surface area contributed by atoms with Gasteiger partial charge in [0.25, 0.3) is 0 Å². The zero-order valence-corrected chi connectivity index (χ0v) is 14.9. The minimum Gasteiger partial charge on any atom is -0.493 e. The number of ether oxygens (including phenoxy) is 2. The van der Waals surface area contributed by atoms with Crippen LogP contribution < -0.4 is 14.9 Å². The summed E-state index contributed by atoms with van der Waals surface area (Å²) in [5.74, 6) is 1.06. The van der Waals surface area contributed by atoms with Crippen LogP contribution in [0, 0.1) is 0 Å². The first-order valence-electron chi connectivity index (χ1n) is 8.23. The Labute approximate surface area is 151 Å². The third-order valence-electron chi connectivity index (χ3n) is 3.58. The summed E-state index contributed by atoms with van der Waals surface area (Å²) in [5.41, 5.74) is 3.88. The molecule has 6 nitrogen and oxygen atoms in total. The van der Waals surface area contributed by atoms with Gasteiger partial charge < -0.3 is 13.9 Å². The summed E-state index contributed by atoms with van der Waals surface area (Å²) >= 11 is 0. The first-order valence-corrected chi connectivity index (χ1v) is 8.23. The smallest absolute Gasteiger partial charge is 0.307 e. The van der Waals surface area contributed by atoms with Gasteiger partial charge in [0, 0.05) is 5.39 Å². The molecule has 3 rings (SSSR count). The minimum absolute atomic E-state index is 0.0477. The van der Waals surface area contributed by atoms with E-state index >= 15 is 0 Å². The molecule has 0 spiro atoms. The van der Waals surface area contributed by atoms with E-state index in [2.05, 4.69) is 10.5 Å². The molecule has 3 aromatic rings. The van der Waals surface area contributed by atoms with Crippen molar-refractivity contribution in [3.8, 4) is 11.5 Å². The van der Waals surface area contributed by atoms with Crippen molar-refractivity contribution < 1.29 is 18.7 Å². The highest BCUT2D eigenvalue weighted by Gasteiger charge is 2.11. The number of carbonyl (C=O) groups excluding carboxylic acids is 1. The summed E-state index contributed by atoms with van der Waals surface area (Å²) in [6.45, 7) is 3.89. The van der Waals surface area contributed by atoms with Crippen LogP contribution in [0.5, 0.6) is 11.5 Å². The van der Waals surface area contributed by atoms with Crippen LogP contribution >= 0.6 is 0 Å². The third kappa shape index (κ3) is 4.03. The molecule has 0 atom stereocenters. The van der Waals surface area contributed by atoms with E-state index in [1.165, 1.54) is 6.21 Å². The zero-order chi connectivity index (χ0) is 18.5. The van der Waals surface area contributed by atoms with Gasteiger partial charge in [0.15, 0.2) is 17.3 Å². The van der Waals surface area contributed by atoms with Crippen molar-refractivity contribution in [2.45, 2.75) is 20.0 Å². The lowest BCUT2D eigenvalue weighted by Gasteiger charge is -2.13. The first-order chi connectivity index (χ1) is 12.6. The molecule has 0 aliphatic carbocycles. The van der Waals surface area contributed by atoms with Crippen LogP contribution in [0.1, 0.15) is 30.0 Å². The lowest BCUT2D eigenvalue weighted by Crippen LogP contribution is -2.16. The molecule has 6 heteroatoms. The average molecular weight is 352 g/mol. The highest BCUT2D eigenvalue weighted by molar-refractivity contribution is 5.96. The van der Waals surface area contributed by atoms with Crippen molar-refractivity contribution in [3.63, 3.8) is 0 Å². The van der Waals surface area contributed by atoms with Gasteiger partial charge in [0.05, 0.1) is 19.4 Å². The molecule has 0 aliphatic rings. The highest BCUT2D eigenvalue weighted by Crippen LogP contribution is 2.28. The van der Waals surface area contributed by atoms with Crippen LogP contribution in [-0.4, -0.2) is 25.3 Å². The second kappa shape index (κ2) is 7.74. The third-order valence-corrected chi connectivity index (χ3v) is 3.58. The van der Waals surface area contributed by atoms with Crippen molar-refractivity contribution in [2.24, 2.45) is 5.10 Å². The van der Waals surface area contributed by atoms with E-state index in [9.17, 15) is 4.79 Å². The standard InChI is InChI=1S/C20H20N2O4/c1-13(2)25-17-9-8-14(10-18(17)24-3)12-21-22-20(23)19-11-15-6-4-5-7-16(15)26-19/h4-13H,1-3H3,(H,22,23). The minimum atomic E-state index is -0.413. The number of nitrogens with one attached hydrogen (secondary N) is 1. The second-order valence-corrected chi connectivity index (χ2v) is 5.92. The molecule has 134 valence electrons. The maximum Gasteiger partial charge on any atom is 0.307 e. The Hall–Kier alpha value is -3.28. The molecule has 1 N–H and O–H groups in total. The average Bonchev–Trinajstić information content (AvgIpc) is 3.06. The number of rotatable bonds is 6. The van der Waals surface area contributed by atoms with Gasteiger partial charge in [-0.3, -0.25) is 4.79 Å². The lowest BCUT2D eigenvalue weighted by atomic mass is 10.2. The molecule has 0 unspecified atom stereocenters. The SMILES string of the molecule is COc1cc(C=NNC(=O)c2cc3ccccc3o2)ccc1OC(C)C. The summed E-state index contributed by atoms with van der Waals surface area (Å²) in [6, 6.07) is 14.5. The zero-order valence-electron chi connectivity index (χ0n) is 14.9. The van der Waals surface area contributed by atoms with Gasteiger partial charge >= 0.3 is 5.91 Å². The fraction of sp³-hybridized carbons (Fsp3) is 0.200. The molecule has 0 bridgehead atoms. The molecule has 0 saturated heterocycles. The van der Waals surface area contributed by atoms with Gasteiger partial charge in [-0.15, -0.1) is 0 Å². The van der Waals surface area contributed by atoms with Crippen molar-refractivity contribution in [2.75, 3.05) is 7.11 Å². The Morgan fingerprint density at radius 2 is 1.96 bits per heavy atom. The number of fused-ring (bicyclic) bond motifs is 1. The van der Waals surface area contributed by atoms with Crippen LogP contribution in [0.25, 0.3) is 11.0 Å². The molecule has 26 heavy (non-hydrogen) atoms. The number of hydrogen-bond donors (Lipinski definition) is 1. The van der Waals surface area contributed by atoms with Crippen molar-refractivity contribution in [1.29, 1.82) is 0 Å². The normalized spacial score (nSPS) is 11.2. The monoisotopic (exact) mass is 352 g/mol.